The first-order valence-corrected chi connectivity index (χ1v) is 6.52. The van der Waals surface area contributed by atoms with E-state index < -0.39 is 5.91 Å². The Hall–Kier alpha value is -1.60. The van der Waals surface area contributed by atoms with Gasteiger partial charge in [-0.2, -0.15) is 0 Å². The molecule has 0 spiro atoms. The monoisotopic (exact) mass is 269 g/mol. The van der Waals surface area contributed by atoms with Crippen molar-refractivity contribution in [3.8, 4) is 0 Å². The fourth-order valence-electron chi connectivity index (χ4n) is 1.27. The number of thioether (sulfide) groups is 1. The lowest BCUT2D eigenvalue weighted by Crippen LogP contribution is -2.31. The Balaban J connectivity index is 2.57. The maximum Gasteiger partial charge on any atom is 0.315 e. The second kappa shape index (κ2) is 7.67. The number of carbonyl (C=O) groups excluding carboxylic acids is 2. The minimum atomic E-state index is -0.394. The van der Waals surface area contributed by atoms with E-state index in [1.54, 1.807) is 25.3 Å². The van der Waals surface area contributed by atoms with E-state index in [4.69, 9.17) is 10.6 Å². The summed E-state index contributed by atoms with van der Waals surface area (Å²) < 4.78 is 4.80. The lowest BCUT2D eigenvalue weighted by atomic mass is 10.2. The topological polar surface area (TPSA) is 94.3 Å². The standard InChI is InChI=1S/C11H15N3O3S/c1-2-17-10(15)7-18-6-9-8(11(16)14-12)4-3-5-13-9/h3-5H,2,6-7,12H2,1H3,(H,14,16). The molecule has 3 N–H and O–H groups in total. The average molecular weight is 269 g/mol. The van der Waals surface area contributed by atoms with Gasteiger partial charge in [0.25, 0.3) is 5.91 Å². The van der Waals surface area contributed by atoms with Crippen LogP contribution in [0.4, 0.5) is 0 Å². The number of rotatable bonds is 6. The van der Waals surface area contributed by atoms with Gasteiger partial charge in [-0.25, -0.2) is 5.84 Å². The first kappa shape index (κ1) is 14.5. The molecule has 0 aromatic carbocycles. The third-order valence-corrected chi connectivity index (χ3v) is 2.95. The smallest absolute Gasteiger partial charge is 0.315 e. The SMILES string of the molecule is CCOC(=O)CSCc1ncccc1C(=O)NN. The lowest BCUT2D eigenvalue weighted by Gasteiger charge is -2.06. The number of aromatic nitrogens is 1. The van der Waals surface area contributed by atoms with Crippen LogP contribution in [0.3, 0.4) is 0 Å². The highest BCUT2D eigenvalue weighted by Crippen LogP contribution is 2.14. The highest BCUT2D eigenvalue weighted by atomic mass is 32.2. The third-order valence-electron chi connectivity index (χ3n) is 2.03. The molecule has 0 bridgehead atoms. The van der Waals surface area contributed by atoms with E-state index in [1.165, 1.54) is 11.8 Å². The summed E-state index contributed by atoms with van der Waals surface area (Å²) >= 11 is 1.34. The molecule has 7 heteroatoms. The molecule has 0 aliphatic heterocycles. The Bertz CT molecular complexity index is 426. The molecule has 6 nitrogen and oxygen atoms in total. The molecule has 1 rings (SSSR count). The second-order valence-electron chi connectivity index (χ2n) is 3.27. The number of nitrogen functional groups attached to an aromatic ring is 1. The molecule has 0 atom stereocenters. The van der Waals surface area contributed by atoms with Crippen LogP contribution in [0, 0.1) is 0 Å². The number of esters is 1. The number of pyridine rings is 1. The Labute approximate surface area is 109 Å². The minimum Gasteiger partial charge on any atom is -0.465 e. The molecule has 0 aliphatic carbocycles. The summed E-state index contributed by atoms with van der Waals surface area (Å²) in [5, 5.41) is 0. The predicted octanol–water partition coefficient (Wildman–Crippen LogP) is 0.481. The number of hydrogen-bond acceptors (Lipinski definition) is 6. The summed E-state index contributed by atoms with van der Waals surface area (Å²) in [7, 11) is 0. The van der Waals surface area contributed by atoms with Gasteiger partial charge in [0, 0.05) is 11.9 Å². The van der Waals surface area contributed by atoms with Gasteiger partial charge in [0.2, 0.25) is 0 Å². The quantitative estimate of drug-likeness (QED) is 0.338. The van der Waals surface area contributed by atoms with Gasteiger partial charge in [-0.05, 0) is 19.1 Å². The van der Waals surface area contributed by atoms with E-state index in [9.17, 15) is 9.59 Å². The number of nitrogens with one attached hydrogen (secondary N) is 1. The van der Waals surface area contributed by atoms with Crippen molar-refractivity contribution in [1.82, 2.24) is 10.4 Å². The van der Waals surface area contributed by atoms with E-state index in [-0.39, 0.29) is 11.7 Å². The maximum absolute atomic E-state index is 11.5. The fraction of sp³-hybridized carbons (Fsp3) is 0.364. The van der Waals surface area contributed by atoms with Crippen LogP contribution in [0.5, 0.6) is 0 Å². The van der Waals surface area contributed by atoms with Crippen molar-refractivity contribution < 1.29 is 14.3 Å². The Morgan fingerprint density at radius 2 is 2.33 bits per heavy atom. The predicted molar refractivity (Wildman–Crippen MR) is 68.7 cm³/mol. The van der Waals surface area contributed by atoms with Crippen molar-refractivity contribution >= 4 is 23.6 Å². The highest BCUT2D eigenvalue weighted by Gasteiger charge is 2.11. The molecule has 0 fully saturated rings. The summed E-state index contributed by atoms with van der Waals surface area (Å²) in [6, 6.07) is 3.29. The molecular weight excluding hydrogens is 254 g/mol. The molecule has 0 radical (unpaired) electrons. The van der Waals surface area contributed by atoms with Gasteiger partial charge >= 0.3 is 5.97 Å². The third kappa shape index (κ3) is 4.34. The zero-order valence-corrected chi connectivity index (χ0v) is 10.8. The molecule has 0 unspecified atom stereocenters. The summed E-state index contributed by atoms with van der Waals surface area (Å²) in [6.45, 7) is 2.12. The summed E-state index contributed by atoms with van der Waals surface area (Å²) in [5.41, 5.74) is 3.07. The molecular formula is C11H15N3O3S. The van der Waals surface area contributed by atoms with Crippen LogP contribution < -0.4 is 11.3 Å². The molecule has 1 aromatic rings. The summed E-state index contributed by atoms with van der Waals surface area (Å²) in [6.07, 6.45) is 1.59. The van der Waals surface area contributed by atoms with Crippen LogP contribution in [0.2, 0.25) is 0 Å². The van der Waals surface area contributed by atoms with Crippen LogP contribution in [0.15, 0.2) is 18.3 Å². The van der Waals surface area contributed by atoms with E-state index >= 15 is 0 Å². The van der Waals surface area contributed by atoms with Crippen LogP contribution in [0.1, 0.15) is 23.0 Å². The van der Waals surface area contributed by atoms with Crippen LogP contribution >= 0.6 is 11.8 Å². The van der Waals surface area contributed by atoms with E-state index in [0.717, 1.165) is 0 Å². The number of nitrogens with zero attached hydrogens (tertiary/aromatic N) is 1. The van der Waals surface area contributed by atoms with Crippen molar-refractivity contribution in [2.24, 2.45) is 5.84 Å². The van der Waals surface area contributed by atoms with Gasteiger partial charge in [-0.3, -0.25) is 20.0 Å². The first-order valence-electron chi connectivity index (χ1n) is 5.37. The van der Waals surface area contributed by atoms with Crippen LogP contribution in [0.25, 0.3) is 0 Å². The van der Waals surface area contributed by atoms with Gasteiger partial charge in [0.15, 0.2) is 0 Å². The molecule has 98 valence electrons. The zero-order chi connectivity index (χ0) is 13.4. The van der Waals surface area contributed by atoms with Crippen molar-refractivity contribution in [2.45, 2.75) is 12.7 Å². The van der Waals surface area contributed by atoms with Gasteiger partial charge in [0.05, 0.1) is 23.6 Å². The number of hydrazine groups is 1. The number of amides is 1. The van der Waals surface area contributed by atoms with E-state index in [0.29, 0.717) is 23.6 Å². The van der Waals surface area contributed by atoms with Crippen molar-refractivity contribution in [3.63, 3.8) is 0 Å². The molecule has 18 heavy (non-hydrogen) atoms. The summed E-state index contributed by atoms with van der Waals surface area (Å²) in [5.74, 6) is 5.09. The van der Waals surface area contributed by atoms with Gasteiger partial charge in [-0.1, -0.05) is 0 Å². The highest BCUT2D eigenvalue weighted by molar-refractivity contribution is 7.99. The van der Waals surface area contributed by atoms with Crippen molar-refractivity contribution in [1.29, 1.82) is 0 Å². The second-order valence-corrected chi connectivity index (χ2v) is 4.25. The van der Waals surface area contributed by atoms with E-state index in [1.807, 2.05) is 0 Å². The van der Waals surface area contributed by atoms with Crippen molar-refractivity contribution in [3.05, 3.63) is 29.6 Å². The Morgan fingerprint density at radius 1 is 1.56 bits per heavy atom. The largest absolute Gasteiger partial charge is 0.465 e. The zero-order valence-electron chi connectivity index (χ0n) is 10.0. The Morgan fingerprint density at radius 3 is 3.00 bits per heavy atom. The average Bonchev–Trinajstić information content (AvgIpc) is 2.39. The molecule has 1 heterocycles. The minimum absolute atomic E-state index is 0.230. The number of nitrogens with two attached hydrogens (primary N) is 1. The molecule has 0 aliphatic rings. The van der Waals surface area contributed by atoms with Crippen LogP contribution in [-0.4, -0.2) is 29.2 Å². The molecule has 1 amide bonds. The fourth-order valence-corrected chi connectivity index (χ4v) is 2.05. The number of hydrogen-bond donors (Lipinski definition) is 2. The van der Waals surface area contributed by atoms with Crippen LogP contribution in [-0.2, 0) is 15.3 Å². The number of carbonyl (C=O) groups is 2. The summed E-state index contributed by atoms with van der Waals surface area (Å²) in [4.78, 5) is 26.7. The van der Waals surface area contributed by atoms with E-state index in [2.05, 4.69) is 10.4 Å². The Kier molecular flexibility index (Phi) is 6.16. The van der Waals surface area contributed by atoms with Gasteiger partial charge in [0.1, 0.15) is 0 Å². The normalized spacial score (nSPS) is 9.89. The van der Waals surface area contributed by atoms with Gasteiger partial charge < -0.3 is 4.74 Å². The molecule has 0 saturated carbocycles. The number of ether oxygens (including phenoxy) is 1. The van der Waals surface area contributed by atoms with Gasteiger partial charge in [-0.15, -0.1) is 11.8 Å². The lowest BCUT2D eigenvalue weighted by molar-refractivity contribution is -0.139. The molecule has 0 saturated heterocycles. The molecule has 1 aromatic heterocycles. The first-order chi connectivity index (χ1) is 8.69. The van der Waals surface area contributed by atoms with Crippen molar-refractivity contribution in [2.75, 3.05) is 12.4 Å². The maximum atomic E-state index is 11.5.